The van der Waals surface area contributed by atoms with E-state index in [1.807, 2.05) is 26.0 Å². The second kappa shape index (κ2) is 9.94. The molecule has 146 valence electrons. The number of benzene rings is 2. The van der Waals surface area contributed by atoms with Gasteiger partial charge in [0.15, 0.2) is 6.61 Å². The Bertz CT molecular complexity index is 833. The van der Waals surface area contributed by atoms with E-state index in [0.717, 1.165) is 5.56 Å². The van der Waals surface area contributed by atoms with E-state index in [-0.39, 0.29) is 30.5 Å². The van der Waals surface area contributed by atoms with Gasteiger partial charge in [0.05, 0.1) is 11.5 Å². The Kier molecular flexibility index (Phi) is 7.63. The van der Waals surface area contributed by atoms with Crippen molar-refractivity contribution in [2.45, 2.75) is 18.7 Å². The number of aryl methyl sites for hydroxylation is 1. The Balaban J connectivity index is 1.71. The van der Waals surface area contributed by atoms with Crippen molar-refractivity contribution in [3.8, 4) is 11.5 Å². The molecule has 0 saturated heterocycles. The molecule has 0 spiro atoms. The number of carbonyl (C=O) groups excluding carboxylic acids is 1. The molecule has 0 bridgehead atoms. The van der Waals surface area contributed by atoms with Gasteiger partial charge in [0, 0.05) is 13.1 Å². The maximum absolute atomic E-state index is 12.2. The van der Waals surface area contributed by atoms with E-state index < -0.39 is 10.0 Å². The molecule has 0 fully saturated rings. The van der Waals surface area contributed by atoms with E-state index in [1.165, 1.54) is 12.1 Å². The third kappa shape index (κ3) is 6.92. The average molecular weight is 392 g/mol. The monoisotopic (exact) mass is 392 g/mol. The van der Waals surface area contributed by atoms with E-state index in [9.17, 15) is 13.2 Å². The van der Waals surface area contributed by atoms with Crippen LogP contribution in [0.25, 0.3) is 0 Å². The highest BCUT2D eigenvalue weighted by Gasteiger charge is 2.13. The lowest BCUT2D eigenvalue weighted by molar-refractivity contribution is -0.123. The normalized spacial score (nSPS) is 11.0. The molecule has 0 aliphatic rings. The lowest BCUT2D eigenvalue weighted by Crippen LogP contribution is -2.36. The van der Waals surface area contributed by atoms with Gasteiger partial charge in [0.1, 0.15) is 11.5 Å². The molecule has 0 heterocycles. The van der Waals surface area contributed by atoms with Gasteiger partial charge >= 0.3 is 0 Å². The fourth-order valence-corrected chi connectivity index (χ4v) is 3.22. The molecule has 0 aliphatic carbocycles. The van der Waals surface area contributed by atoms with Crippen LogP contribution in [0, 0.1) is 6.92 Å². The predicted molar refractivity (Wildman–Crippen MR) is 102 cm³/mol. The first-order valence-electron chi connectivity index (χ1n) is 8.59. The Morgan fingerprint density at radius 1 is 0.926 bits per heavy atom. The van der Waals surface area contributed by atoms with Gasteiger partial charge in [-0.1, -0.05) is 17.7 Å². The highest BCUT2D eigenvalue weighted by atomic mass is 32.2. The molecule has 2 rings (SSSR count). The Morgan fingerprint density at radius 3 is 2.15 bits per heavy atom. The largest absolute Gasteiger partial charge is 0.494 e. The first kappa shape index (κ1) is 20.7. The zero-order valence-corrected chi connectivity index (χ0v) is 16.2. The fourth-order valence-electron chi connectivity index (χ4n) is 2.19. The van der Waals surface area contributed by atoms with E-state index in [1.54, 1.807) is 24.3 Å². The van der Waals surface area contributed by atoms with Crippen molar-refractivity contribution >= 4 is 15.9 Å². The van der Waals surface area contributed by atoms with Crippen molar-refractivity contribution in [1.82, 2.24) is 10.0 Å². The summed E-state index contributed by atoms with van der Waals surface area (Å²) in [6.07, 6.45) is 0. The van der Waals surface area contributed by atoms with Crippen LogP contribution in [-0.2, 0) is 14.8 Å². The second-order valence-electron chi connectivity index (χ2n) is 5.75. The molecule has 0 unspecified atom stereocenters. The van der Waals surface area contributed by atoms with Gasteiger partial charge in [-0.2, -0.15) is 0 Å². The van der Waals surface area contributed by atoms with Crippen molar-refractivity contribution in [2.24, 2.45) is 0 Å². The lowest BCUT2D eigenvalue weighted by Gasteiger charge is -2.10. The molecule has 1 amide bonds. The third-order valence-electron chi connectivity index (χ3n) is 3.58. The molecule has 2 aromatic rings. The highest BCUT2D eigenvalue weighted by Crippen LogP contribution is 2.15. The summed E-state index contributed by atoms with van der Waals surface area (Å²) in [6.45, 7) is 4.43. The number of carbonyl (C=O) groups is 1. The molecule has 0 aromatic heterocycles. The van der Waals surface area contributed by atoms with Crippen LogP contribution in [0.5, 0.6) is 11.5 Å². The quantitative estimate of drug-likeness (QED) is 0.602. The van der Waals surface area contributed by atoms with Crippen molar-refractivity contribution in [1.29, 1.82) is 0 Å². The summed E-state index contributed by atoms with van der Waals surface area (Å²) in [4.78, 5) is 11.9. The molecule has 2 N–H and O–H groups in total. The minimum atomic E-state index is -3.64. The van der Waals surface area contributed by atoms with Crippen molar-refractivity contribution in [3.05, 3.63) is 54.1 Å². The topological polar surface area (TPSA) is 93.7 Å². The molecule has 2 aromatic carbocycles. The molecule has 0 atom stereocenters. The Hall–Kier alpha value is -2.58. The zero-order chi connectivity index (χ0) is 19.7. The molecule has 27 heavy (non-hydrogen) atoms. The van der Waals surface area contributed by atoms with Crippen LogP contribution >= 0.6 is 0 Å². The van der Waals surface area contributed by atoms with E-state index in [0.29, 0.717) is 18.1 Å². The number of hydrogen-bond acceptors (Lipinski definition) is 5. The zero-order valence-electron chi connectivity index (χ0n) is 15.4. The number of sulfonamides is 1. The average Bonchev–Trinajstić information content (AvgIpc) is 2.65. The van der Waals surface area contributed by atoms with Crippen molar-refractivity contribution in [2.75, 3.05) is 26.3 Å². The van der Waals surface area contributed by atoms with Gasteiger partial charge in [-0.05, 0) is 50.2 Å². The van der Waals surface area contributed by atoms with Crippen molar-refractivity contribution in [3.63, 3.8) is 0 Å². The molecule has 8 heteroatoms. The van der Waals surface area contributed by atoms with Gasteiger partial charge in [-0.3, -0.25) is 4.79 Å². The van der Waals surface area contributed by atoms with Crippen LogP contribution in [0.2, 0.25) is 0 Å². The predicted octanol–water partition coefficient (Wildman–Crippen LogP) is 1.87. The van der Waals surface area contributed by atoms with Gasteiger partial charge in [0.25, 0.3) is 5.91 Å². The molecular formula is C19H24N2O5S. The minimum absolute atomic E-state index is 0.0752. The van der Waals surface area contributed by atoms with Crippen molar-refractivity contribution < 1.29 is 22.7 Å². The van der Waals surface area contributed by atoms with Gasteiger partial charge in [0.2, 0.25) is 10.0 Å². The number of nitrogens with one attached hydrogen (secondary N) is 2. The SMILES string of the molecule is CCOc1ccc(S(=O)(=O)NCCNC(=O)COc2ccc(C)cc2)cc1. The first-order valence-corrected chi connectivity index (χ1v) is 10.1. The third-order valence-corrected chi connectivity index (χ3v) is 5.05. The van der Waals surface area contributed by atoms with Crippen LogP contribution in [0.4, 0.5) is 0 Å². The lowest BCUT2D eigenvalue weighted by atomic mass is 10.2. The number of amides is 1. The maximum Gasteiger partial charge on any atom is 0.257 e. The molecule has 0 aliphatic heterocycles. The van der Waals surface area contributed by atoms with Crippen LogP contribution in [0.15, 0.2) is 53.4 Å². The minimum Gasteiger partial charge on any atom is -0.494 e. The molecular weight excluding hydrogens is 368 g/mol. The van der Waals surface area contributed by atoms with E-state index >= 15 is 0 Å². The standard InChI is InChI=1S/C19H24N2O5S/c1-3-25-16-8-10-18(11-9-16)27(23,24)21-13-12-20-19(22)14-26-17-6-4-15(2)5-7-17/h4-11,21H,3,12-14H2,1-2H3,(H,20,22). The summed E-state index contributed by atoms with van der Waals surface area (Å²) < 4.78 is 37.5. The Labute approximate surface area is 159 Å². The highest BCUT2D eigenvalue weighted by molar-refractivity contribution is 7.89. The fraction of sp³-hybridized carbons (Fsp3) is 0.316. The summed E-state index contributed by atoms with van der Waals surface area (Å²) in [5.41, 5.74) is 1.10. The smallest absolute Gasteiger partial charge is 0.257 e. The Morgan fingerprint density at radius 2 is 1.52 bits per heavy atom. The summed E-state index contributed by atoms with van der Waals surface area (Å²) >= 11 is 0. The van der Waals surface area contributed by atoms with Gasteiger partial charge < -0.3 is 14.8 Å². The first-order chi connectivity index (χ1) is 12.9. The van der Waals surface area contributed by atoms with E-state index in [4.69, 9.17) is 9.47 Å². The van der Waals surface area contributed by atoms with Crippen LogP contribution in [0.1, 0.15) is 12.5 Å². The molecule has 0 saturated carbocycles. The second-order valence-corrected chi connectivity index (χ2v) is 7.52. The van der Waals surface area contributed by atoms with Crippen LogP contribution in [-0.4, -0.2) is 40.6 Å². The van der Waals surface area contributed by atoms with Crippen LogP contribution < -0.4 is 19.5 Å². The molecule has 7 nitrogen and oxygen atoms in total. The van der Waals surface area contributed by atoms with Gasteiger partial charge in [-0.25, -0.2) is 13.1 Å². The summed E-state index contributed by atoms with van der Waals surface area (Å²) in [5.74, 6) is 0.889. The summed E-state index contributed by atoms with van der Waals surface area (Å²) in [6, 6.07) is 13.5. The summed E-state index contributed by atoms with van der Waals surface area (Å²) in [5, 5.41) is 2.60. The number of rotatable bonds is 10. The van der Waals surface area contributed by atoms with Gasteiger partial charge in [-0.15, -0.1) is 0 Å². The molecule has 0 radical (unpaired) electrons. The summed E-state index contributed by atoms with van der Waals surface area (Å²) in [7, 11) is -3.64. The number of hydrogen-bond donors (Lipinski definition) is 2. The van der Waals surface area contributed by atoms with E-state index in [2.05, 4.69) is 10.0 Å². The maximum atomic E-state index is 12.2. The number of ether oxygens (including phenoxy) is 2. The van der Waals surface area contributed by atoms with Crippen LogP contribution in [0.3, 0.4) is 0 Å².